The first kappa shape index (κ1) is 29.5. The SMILES string of the molecule is CCCCCCCCCCCCCC(=O)N(CCCc1ccccc1)C(CCSC)C(=O)O. The molecule has 0 spiro atoms. The summed E-state index contributed by atoms with van der Waals surface area (Å²) in [6.45, 7) is 2.76. The van der Waals surface area contributed by atoms with Gasteiger partial charge in [-0.25, -0.2) is 4.79 Å². The summed E-state index contributed by atoms with van der Waals surface area (Å²) in [6, 6.07) is 9.48. The van der Waals surface area contributed by atoms with E-state index in [1.54, 1.807) is 16.7 Å². The molecule has 0 saturated heterocycles. The van der Waals surface area contributed by atoms with Gasteiger partial charge < -0.3 is 10.0 Å². The molecular weight excluding hydrogens is 430 g/mol. The number of thioether (sulfide) groups is 1. The molecule has 1 aromatic carbocycles. The van der Waals surface area contributed by atoms with Gasteiger partial charge in [0.05, 0.1) is 0 Å². The lowest BCUT2D eigenvalue weighted by Gasteiger charge is -2.29. The molecule has 0 aliphatic rings. The zero-order valence-corrected chi connectivity index (χ0v) is 21.9. The van der Waals surface area contributed by atoms with E-state index in [-0.39, 0.29) is 5.91 Å². The number of nitrogens with zero attached hydrogens (tertiary/aromatic N) is 1. The number of hydrogen-bond donors (Lipinski definition) is 1. The first-order valence-electron chi connectivity index (χ1n) is 13.1. The number of unbranched alkanes of at least 4 members (excludes halogenated alkanes) is 10. The van der Waals surface area contributed by atoms with Gasteiger partial charge in [-0.05, 0) is 43.3 Å². The van der Waals surface area contributed by atoms with Gasteiger partial charge in [0, 0.05) is 13.0 Å². The minimum Gasteiger partial charge on any atom is -0.480 e. The molecule has 1 unspecified atom stereocenters. The first-order valence-corrected chi connectivity index (χ1v) is 14.5. The van der Waals surface area contributed by atoms with E-state index in [1.807, 2.05) is 24.5 Å². The number of hydrogen-bond acceptors (Lipinski definition) is 3. The second-order valence-electron chi connectivity index (χ2n) is 9.10. The maximum Gasteiger partial charge on any atom is 0.326 e. The van der Waals surface area contributed by atoms with Crippen molar-refractivity contribution in [2.45, 2.75) is 109 Å². The summed E-state index contributed by atoms with van der Waals surface area (Å²) in [4.78, 5) is 26.6. The number of aryl methyl sites for hydroxylation is 1. The van der Waals surface area contributed by atoms with Crippen LogP contribution in [0.1, 0.15) is 102 Å². The third kappa shape index (κ3) is 14.4. The Balaban J connectivity index is 2.40. The topological polar surface area (TPSA) is 57.6 Å². The van der Waals surface area contributed by atoms with Crippen molar-refractivity contribution in [3.63, 3.8) is 0 Å². The van der Waals surface area contributed by atoms with Crippen molar-refractivity contribution < 1.29 is 14.7 Å². The molecule has 33 heavy (non-hydrogen) atoms. The number of carbonyl (C=O) groups is 2. The Hall–Kier alpha value is -1.49. The number of carbonyl (C=O) groups excluding carboxylic acids is 1. The fraction of sp³-hybridized carbons (Fsp3) is 0.714. The second-order valence-corrected chi connectivity index (χ2v) is 10.1. The number of rotatable bonds is 21. The highest BCUT2D eigenvalue weighted by atomic mass is 32.2. The van der Waals surface area contributed by atoms with Crippen LogP contribution in [0.3, 0.4) is 0 Å². The van der Waals surface area contributed by atoms with E-state index in [4.69, 9.17) is 0 Å². The average molecular weight is 478 g/mol. The van der Waals surface area contributed by atoms with E-state index in [1.165, 1.54) is 63.4 Å². The van der Waals surface area contributed by atoms with Crippen LogP contribution in [0.25, 0.3) is 0 Å². The third-order valence-corrected chi connectivity index (χ3v) is 6.92. The maximum absolute atomic E-state index is 13.0. The molecule has 4 nitrogen and oxygen atoms in total. The van der Waals surface area contributed by atoms with Gasteiger partial charge in [0.25, 0.3) is 0 Å². The van der Waals surface area contributed by atoms with Crippen molar-refractivity contribution in [3.8, 4) is 0 Å². The molecule has 1 rings (SSSR count). The largest absolute Gasteiger partial charge is 0.480 e. The fourth-order valence-electron chi connectivity index (χ4n) is 4.28. The minimum atomic E-state index is -0.879. The zero-order chi connectivity index (χ0) is 24.2. The predicted molar refractivity (Wildman–Crippen MR) is 142 cm³/mol. The number of carboxylic acids is 1. The molecule has 0 fully saturated rings. The summed E-state index contributed by atoms with van der Waals surface area (Å²) in [6.07, 6.45) is 18.3. The highest BCUT2D eigenvalue weighted by Crippen LogP contribution is 2.16. The summed E-state index contributed by atoms with van der Waals surface area (Å²) >= 11 is 1.63. The van der Waals surface area contributed by atoms with Crippen LogP contribution in [0.4, 0.5) is 0 Å². The number of aliphatic carboxylic acids is 1. The lowest BCUT2D eigenvalue weighted by Crippen LogP contribution is -2.46. The fourth-order valence-corrected chi connectivity index (χ4v) is 4.74. The molecule has 1 atom stereocenters. The first-order chi connectivity index (χ1) is 16.1. The molecule has 0 bridgehead atoms. The van der Waals surface area contributed by atoms with E-state index < -0.39 is 12.0 Å². The van der Waals surface area contributed by atoms with Crippen LogP contribution in [-0.4, -0.2) is 46.5 Å². The molecule has 1 N–H and O–H groups in total. The van der Waals surface area contributed by atoms with Crippen LogP contribution in [0.2, 0.25) is 0 Å². The second kappa shape index (κ2) is 19.9. The van der Waals surface area contributed by atoms with Gasteiger partial charge in [-0.3, -0.25) is 4.79 Å². The minimum absolute atomic E-state index is 0.00693. The van der Waals surface area contributed by atoms with Gasteiger partial charge in [-0.1, -0.05) is 101 Å². The van der Waals surface area contributed by atoms with E-state index >= 15 is 0 Å². The van der Waals surface area contributed by atoms with Crippen molar-refractivity contribution in [2.24, 2.45) is 0 Å². The average Bonchev–Trinajstić information content (AvgIpc) is 2.82. The molecule has 0 aliphatic heterocycles. The van der Waals surface area contributed by atoms with Gasteiger partial charge in [-0.15, -0.1) is 0 Å². The molecule has 0 aliphatic carbocycles. The quantitative estimate of drug-likeness (QED) is 0.188. The van der Waals surface area contributed by atoms with Crippen molar-refractivity contribution in [1.82, 2.24) is 4.90 Å². The van der Waals surface area contributed by atoms with Crippen LogP contribution < -0.4 is 0 Å². The van der Waals surface area contributed by atoms with Gasteiger partial charge in [0.2, 0.25) is 5.91 Å². The molecule has 0 heterocycles. The number of amides is 1. The normalized spacial score (nSPS) is 11.9. The Kier molecular flexibility index (Phi) is 17.8. The van der Waals surface area contributed by atoms with Gasteiger partial charge in [0.1, 0.15) is 6.04 Å². The van der Waals surface area contributed by atoms with E-state index in [0.29, 0.717) is 19.4 Å². The number of carboxylic acid groups (broad SMARTS) is 1. The van der Waals surface area contributed by atoms with Crippen molar-refractivity contribution in [3.05, 3.63) is 35.9 Å². The molecule has 0 aromatic heterocycles. The van der Waals surface area contributed by atoms with Crippen LogP contribution in [0, 0.1) is 0 Å². The lowest BCUT2D eigenvalue weighted by molar-refractivity contribution is -0.150. The maximum atomic E-state index is 13.0. The molecule has 0 radical (unpaired) electrons. The van der Waals surface area contributed by atoms with Crippen LogP contribution >= 0.6 is 11.8 Å². The Morgan fingerprint density at radius 1 is 0.879 bits per heavy atom. The smallest absolute Gasteiger partial charge is 0.326 e. The van der Waals surface area contributed by atoms with Crippen molar-refractivity contribution >= 4 is 23.6 Å². The van der Waals surface area contributed by atoms with E-state index in [0.717, 1.165) is 31.4 Å². The summed E-state index contributed by atoms with van der Waals surface area (Å²) in [5.41, 5.74) is 1.23. The molecule has 5 heteroatoms. The van der Waals surface area contributed by atoms with Crippen LogP contribution in [0.5, 0.6) is 0 Å². The predicted octanol–water partition coefficient (Wildman–Crippen LogP) is 7.36. The Morgan fingerprint density at radius 3 is 2.00 bits per heavy atom. The van der Waals surface area contributed by atoms with Crippen molar-refractivity contribution in [1.29, 1.82) is 0 Å². The monoisotopic (exact) mass is 477 g/mol. The highest BCUT2D eigenvalue weighted by Gasteiger charge is 2.28. The summed E-state index contributed by atoms with van der Waals surface area (Å²) in [7, 11) is 0. The lowest BCUT2D eigenvalue weighted by atomic mass is 10.0. The van der Waals surface area contributed by atoms with Gasteiger partial charge in [-0.2, -0.15) is 11.8 Å². The summed E-state index contributed by atoms with van der Waals surface area (Å²) < 4.78 is 0. The zero-order valence-electron chi connectivity index (χ0n) is 21.1. The molecular formula is C28H47NO3S. The van der Waals surface area contributed by atoms with Gasteiger partial charge >= 0.3 is 5.97 Å². The molecule has 188 valence electrons. The standard InChI is InChI=1S/C28H47NO3S/c1-3-4-5-6-7-8-9-10-11-12-16-21-27(30)29(26(28(31)32)22-24-33-2)23-17-20-25-18-14-13-15-19-25/h13-15,18-19,26H,3-12,16-17,20-24H2,1-2H3,(H,31,32). The Labute approximate surface area is 206 Å². The van der Waals surface area contributed by atoms with E-state index in [2.05, 4.69) is 19.1 Å². The number of benzene rings is 1. The Bertz CT molecular complexity index is 623. The Morgan fingerprint density at radius 2 is 1.45 bits per heavy atom. The third-order valence-electron chi connectivity index (χ3n) is 6.28. The summed E-state index contributed by atoms with van der Waals surface area (Å²) in [5.74, 6) is -0.124. The van der Waals surface area contributed by atoms with Crippen molar-refractivity contribution in [2.75, 3.05) is 18.6 Å². The molecule has 1 amide bonds. The summed E-state index contributed by atoms with van der Waals surface area (Å²) in [5, 5.41) is 9.79. The van der Waals surface area contributed by atoms with Gasteiger partial charge in [0.15, 0.2) is 0 Å². The van der Waals surface area contributed by atoms with Crippen LogP contribution in [0.15, 0.2) is 30.3 Å². The van der Waals surface area contributed by atoms with E-state index in [9.17, 15) is 14.7 Å². The molecule has 0 saturated carbocycles. The van der Waals surface area contributed by atoms with Crippen LogP contribution in [-0.2, 0) is 16.0 Å². The highest BCUT2D eigenvalue weighted by molar-refractivity contribution is 7.98. The molecule has 1 aromatic rings.